The van der Waals surface area contributed by atoms with Crippen LogP contribution >= 0.6 is 0 Å². The number of hydrogen-bond acceptors (Lipinski definition) is 8. The van der Waals surface area contributed by atoms with Crippen LogP contribution in [0.15, 0.2) is 17.2 Å². The van der Waals surface area contributed by atoms with E-state index < -0.39 is 63.7 Å². The van der Waals surface area contributed by atoms with Crippen LogP contribution in [0.3, 0.4) is 0 Å². The number of likely N-dealkylation sites (N-methyl/N-ethyl adjacent to an activating group) is 1. The van der Waals surface area contributed by atoms with Gasteiger partial charge in [-0.15, -0.1) is 0 Å². The Kier molecular flexibility index (Phi) is 10.2. The highest BCUT2D eigenvalue weighted by molar-refractivity contribution is 6.04. The highest BCUT2D eigenvalue weighted by atomic mass is 19.4. The van der Waals surface area contributed by atoms with Crippen LogP contribution in [-0.4, -0.2) is 87.1 Å². The minimum Gasteiger partial charge on any atom is -0.481 e. The Hall–Kier alpha value is -3.75. The fraction of sp³-hybridized carbons (Fsp3) is 0.787. The smallest absolute Gasteiger partial charge is 0.432 e. The van der Waals surface area contributed by atoms with Crippen molar-refractivity contribution >= 4 is 29.5 Å². The minimum atomic E-state index is -4.72. The van der Waals surface area contributed by atoms with E-state index in [1.54, 1.807) is 7.05 Å². The van der Waals surface area contributed by atoms with E-state index in [0.717, 1.165) is 56.1 Å². The Morgan fingerprint density at radius 3 is 2.15 bits per heavy atom. The molecule has 0 radical (unpaired) electrons. The van der Waals surface area contributed by atoms with Crippen LogP contribution < -0.4 is 10.6 Å². The molecule has 0 bridgehead atoms. The topological polar surface area (TPSA) is 171 Å². The predicted octanol–water partition coefficient (Wildman–Crippen LogP) is 7.35. The number of ether oxygens (including phenoxy) is 1. The van der Waals surface area contributed by atoms with Gasteiger partial charge in [-0.1, -0.05) is 62.3 Å². The minimum absolute atomic E-state index is 0.0204. The number of fused-ring (bicyclic) bond motifs is 7. The number of allylic oxidation sites excluding steroid dienone is 1. The monoisotopic (exact) mass is 869 g/mol. The molecule has 1 saturated heterocycles. The number of nitrogens with zero attached hydrogens (tertiary/aromatic N) is 2. The molecular weight excluding hydrogens is 804 g/mol. The average Bonchev–Trinajstić information content (AvgIpc) is 3.75. The van der Waals surface area contributed by atoms with Crippen molar-refractivity contribution in [3.05, 3.63) is 28.6 Å². The third-order valence-electron chi connectivity index (χ3n) is 18.8. The van der Waals surface area contributed by atoms with Gasteiger partial charge in [-0.2, -0.15) is 18.3 Å². The van der Waals surface area contributed by atoms with Crippen molar-refractivity contribution in [2.75, 3.05) is 20.1 Å². The third kappa shape index (κ3) is 6.29. The van der Waals surface area contributed by atoms with Crippen LogP contribution in [0.2, 0.25) is 0 Å². The fourth-order valence-corrected chi connectivity index (χ4v) is 15.3. The maximum absolute atomic E-state index is 14.7. The summed E-state index contributed by atoms with van der Waals surface area (Å²) in [6.45, 7) is 19.9. The second-order valence-corrected chi connectivity index (χ2v) is 22.9. The van der Waals surface area contributed by atoms with E-state index in [-0.39, 0.29) is 76.8 Å². The summed E-state index contributed by atoms with van der Waals surface area (Å²) in [6, 6.07) is 0.636. The van der Waals surface area contributed by atoms with Gasteiger partial charge in [0.05, 0.1) is 17.4 Å². The lowest BCUT2D eigenvalue weighted by molar-refractivity contribution is -0.235. The highest BCUT2D eigenvalue weighted by Crippen LogP contribution is 2.76. The standard InChI is InChI=1S/C47H66F3N5O7/c1-24(2)34-29(56)21-45(52-39(61)46(22-55(10)23-46)51-36(57)28-20-32(54-53-28)47(48,49)50)18-17-43(8)25(35(34)45)11-12-31-42(7)15-14-33(41(5,6)30(42)13-16-44(31,43)9)62-38(60)27-19-26(37(58)59)40(27,3)4/h20,24-27,30-31,33H,11-19,21-23H2,1-10H3,(H,51,57)(H,52,61)(H,53,54)(H,58,59)/t25-,26+,27-,30+,31-,33+,42+,43-,44-,45-/m1/s1. The second kappa shape index (κ2) is 14.1. The molecule has 2 amide bonds. The first-order chi connectivity index (χ1) is 28.6. The number of carboxylic acids is 1. The zero-order chi connectivity index (χ0) is 45.5. The lowest BCUT2D eigenvalue weighted by atomic mass is 9.33. The molecular formula is C47H66F3N5O7. The van der Waals surface area contributed by atoms with Gasteiger partial charge in [0.15, 0.2) is 11.5 Å². The lowest BCUT2D eigenvalue weighted by Crippen LogP contribution is -2.77. The van der Waals surface area contributed by atoms with E-state index in [0.29, 0.717) is 24.8 Å². The van der Waals surface area contributed by atoms with Crippen molar-refractivity contribution in [3.63, 3.8) is 0 Å². The van der Waals surface area contributed by atoms with Crippen molar-refractivity contribution in [2.45, 2.75) is 150 Å². The molecule has 1 aliphatic heterocycles. The largest absolute Gasteiger partial charge is 0.481 e. The van der Waals surface area contributed by atoms with Gasteiger partial charge in [-0.3, -0.25) is 29.1 Å². The molecule has 7 aliphatic rings. The predicted molar refractivity (Wildman–Crippen MR) is 222 cm³/mol. The van der Waals surface area contributed by atoms with E-state index in [2.05, 4.69) is 50.4 Å². The molecule has 1 aromatic rings. The van der Waals surface area contributed by atoms with E-state index in [1.807, 2.05) is 37.7 Å². The van der Waals surface area contributed by atoms with Gasteiger partial charge in [0.2, 0.25) is 5.91 Å². The van der Waals surface area contributed by atoms with Gasteiger partial charge in [-0.25, -0.2) is 0 Å². The summed E-state index contributed by atoms with van der Waals surface area (Å²) in [5.74, 6) is -2.88. The Bertz CT molecular complexity index is 2120. The molecule has 2 heterocycles. The first-order valence-corrected chi connectivity index (χ1v) is 22.8. The van der Waals surface area contributed by atoms with Crippen LogP contribution in [0.1, 0.15) is 143 Å². The van der Waals surface area contributed by atoms with Crippen LogP contribution in [0.4, 0.5) is 13.2 Å². The van der Waals surface area contributed by atoms with Crippen molar-refractivity contribution in [1.29, 1.82) is 0 Å². The molecule has 4 N–H and O–H groups in total. The summed E-state index contributed by atoms with van der Waals surface area (Å²) in [7, 11) is 1.79. The van der Waals surface area contributed by atoms with Gasteiger partial charge in [-0.05, 0) is 121 Å². The molecule has 62 heavy (non-hydrogen) atoms. The number of alkyl halides is 3. The number of nitrogens with one attached hydrogen (secondary N) is 3. The summed E-state index contributed by atoms with van der Waals surface area (Å²) in [5.41, 5.74) is -3.52. The van der Waals surface area contributed by atoms with Crippen molar-refractivity contribution in [2.24, 2.45) is 62.6 Å². The molecule has 342 valence electrons. The number of hydrogen-bond donors (Lipinski definition) is 4. The number of rotatable bonds is 8. The molecule has 5 saturated carbocycles. The van der Waals surface area contributed by atoms with E-state index in [9.17, 15) is 42.3 Å². The number of carboxylic acid groups (broad SMARTS) is 1. The van der Waals surface area contributed by atoms with E-state index in [1.165, 1.54) is 0 Å². The molecule has 0 aromatic carbocycles. The maximum atomic E-state index is 14.7. The Labute approximate surface area is 362 Å². The summed E-state index contributed by atoms with van der Waals surface area (Å²) < 4.78 is 46.4. The summed E-state index contributed by atoms with van der Waals surface area (Å²) in [4.78, 5) is 69.6. The normalized spacial score (nSPS) is 39.3. The van der Waals surface area contributed by atoms with Gasteiger partial charge < -0.3 is 25.4 Å². The number of aromatic amines is 1. The molecule has 6 fully saturated rings. The molecule has 0 unspecified atom stereocenters. The summed E-state index contributed by atoms with van der Waals surface area (Å²) in [6.07, 6.45) is 2.11. The van der Waals surface area contributed by atoms with E-state index >= 15 is 0 Å². The third-order valence-corrected chi connectivity index (χ3v) is 18.8. The number of aliphatic carboxylic acids is 1. The SMILES string of the molecule is CC(C)C1=C2[C@H]3CC[C@@H]4[C@@]5(C)CC[C@H](OC(=O)[C@H]6C[C@@H](C(=O)O)C6(C)C)C(C)(C)[C@@H]5CC[C@@]4(C)[C@]3(C)CC[C@@]2(NC(=O)C2(NC(=O)c3cc(C(F)(F)F)[nH]n3)CN(C)C2)CC1=O. The average molecular weight is 870 g/mol. The van der Waals surface area contributed by atoms with Crippen molar-refractivity contribution in [3.8, 4) is 0 Å². The zero-order valence-electron chi connectivity index (χ0n) is 38.0. The number of H-pyrrole nitrogens is 1. The molecule has 8 rings (SSSR count). The lowest BCUT2D eigenvalue weighted by Gasteiger charge is -2.72. The molecule has 10 atom stereocenters. The van der Waals surface area contributed by atoms with E-state index in [4.69, 9.17) is 4.74 Å². The Morgan fingerprint density at radius 2 is 1.56 bits per heavy atom. The first kappa shape index (κ1) is 44.8. The van der Waals surface area contributed by atoms with Crippen molar-refractivity contribution in [1.82, 2.24) is 25.7 Å². The number of carbonyl (C=O) groups excluding carboxylic acids is 4. The first-order valence-electron chi connectivity index (χ1n) is 22.8. The number of esters is 1. The Balaban J connectivity index is 1.05. The number of halogens is 3. The molecule has 0 spiro atoms. The van der Waals surface area contributed by atoms with Gasteiger partial charge in [0.25, 0.3) is 5.91 Å². The van der Waals surface area contributed by atoms with Crippen LogP contribution in [0, 0.1) is 62.6 Å². The number of likely N-dealkylation sites (tertiary alicyclic amines) is 1. The zero-order valence-corrected chi connectivity index (χ0v) is 38.0. The molecule has 1 aromatic heterocycles. The molecule has 15 heteroatoms. The number of ketones is 1. The van der Waals surface area contributed by atoms with Crippen LogP contribution in [-0.2, 0) is 30.1 Å². The molecule has 6 aliphatic carbocycles. The van der Waals surface area contributed by atoms with Gasteiger partial charge >= 0.3 is 18.1 Å². The summed E-state index contributed by atoms with van der Waals surface area (Å²) >= 11 is 0. The van der Waals surface area contributed by atoms with Gasteiger partial charge in [0, 0.05) is 31.0 Å². The highest BCUT2D eigenvalue weighted by Gasteiger charge is 2.71. The number of amides is 2. The van der Waals surface area contributed by atoms with Crippen molar-refractivity contribution < 1.29 is 47.0 Å². The van der Waals surface area contributed by atoms with Gasteiger partial charge in [0.1, 0.15) is 17.3 Å². The fourth-order valence-electron chi connectivity index (χ4n) is 15.3. The van der Waals surface area contributed by atoms with Crippen LogP contribution in [0.25, 0.3) is 0 Å². The quantitative estimate of drug-likeness (QED) is 0.195. The molecule has 12 nitrogen and oxygen atoms in total. The summed E-state index contributed by atoms with van der Waals surface area (Å²) in [5, 5.41) is 21.2. The second-order valence-electron chi connectivity index (χ2n) is 22.9. The number of carbonyl (C=O) groups is 5. The number of aromatic nitrogens is 2. The maximum Gasteiger partial charge on any atom is 0.432 e. The number of Topliss-reactive ketones (excluding diaryl/α,β-unsaturated/α-hetero) is 1. The van der Waals surface area contributed by atoms with Crippen LogP contribution in [0.5, 0.6) is 0 Å². The Morgan fingerprint density at radius 1 is 0.887 bits per heavy atom.